The van der Waals surface area contributed by atoms with Crippen molar-refractivity contribution in [3.05, 3.63) is 64.8 Å². The van der Waals surface area contributed by atoms with E-state index in [2.05, 4.69) is 14.7 Å². The molecule has 3 aromatic rings. The Balaban J connectivity index is 1.60. The highest BCUT2D eigenvalue weighted by atomic mass is 35.5. The first-order valence-electron chi connectivity index (χ1n) is 11.3. The first-order chi connectivity index (χ1) is 17.1. The number of rotatable bonds is 7. The number of amides is 2. The number of piperidine rings is 1. The molecule has 2 amide bonds. The highest BCUT2D eigenvalue weighted by molar-refractivity contribution is 6.31. The average Bonchev–Trinajstić information content (AvgIpc) is 3.30. The molecule has 8 nitrogen and oxygen atoms in total. The first-order valence-corrected chi connectivity index (χ1v) is 11.7. The molecule has 2 N–H and O–H groups in total. The second-order valence-corrected chi connectivity index (χ2v) is 9.19. The Morgan fingerprint density at radius 2 is 1.81 bits per heavy atom. The van der Waals surface area contributed by atoms with Crippen molar-refractivity contribution in [1.29, 1.82) is 0 Å². The van der Waals surface area contributed by atoms with Gasteiger partial charge < -0.3 is 20.3 Å². The van der Waals surface area contributed by atoms with Crippen molar-refractivity contribution in [3.63, 3.8) is 0 Å². The van der Waals surface area contributed by atoms with Gasteiger partial charge in [0.2, 0.25) is 0 Å². The summed E-state index contributed by atoms with van der Waals surface area (Å²) in [6.45, 7) is -1.70. The summed E-state index contributed by atoms with van der Waals surface area (Å²) in [4.78, 5) is 29.1. The number of carbonyl (C=O) groups excluding carboxylic acids is 2. The zero-order chi connectivity index (χ0) is 26.0. The predicted octanol–water partition coefficient (Wildman–Crippen LogP) is 4.06. The van der Waals surface area contributed by atoms with Crippen LogP contribution in [0, 0.1) is 0 Å². The zero-order valence-corrected chi connectivity index (χ0v) is 20.6. The number of nitrogens with zero attached hydrogens (tertiary/aromatic N) is 4. The van der Waals surface area contributed by atoms with Gasteiger partial charge in [0.25, 0.3) is 11.8 Å². The maximum absolute atomic E-state index is 13.0. The Morgan fingerprint density at radius 3 is 2.39 bits per heavy atom. The summed E-state index contributed by atoms with van der Waals surface area (Å²) in [6, 6.07) is 11.3. The lowest BCUT2D eigenvalue weighted by atomic mass is 10.0. The number of nitrogens with two attached hydrogens (primary N) is 1. The molecule has 0 aliphatic carbocycles. The van der Waals surface area contributed by atoms with Crippen LogP contribution in [0.15, 0.2) is 48.7 Å². The van der Waals surface area contributed by atoms with E-state index in [-0.39, 0.29) is 33.5 Å². The fourth-order valence-corrected chi connectivity index (χ4v) is 4.47. The number of benzene rings is 2. The van der Waals surface area contributed by atoms with E-state index >= 15 is 0 Å². The Bertz CT molecular complexity index is 1260. The number of ether oxygens (including phenoxy) is 1. The van der Waals surface area contributed by atoms with Gasteiger partial charge in [-0.2, -0.15) is 13.9 Å². The normalized spacial score (nSPS) is 14.5. The molecule has 1 aromatic heterocycles. The molecule has 1 aliphatic heterocycles. The number of alkyl halides is 2. The lowest BCUT2D eigenvalue weighted by Gasteiger charge is -2.35. The number of aromatic nitrogens is 2. The molecule has 0 saturated carbocycles. The molecular formula is C25H26ClF2N5O3. The van der Waals surface area contributed by atoms with Gasteiger partial charge in [0.15, 0.2) is 0 Å². The molecule has 190 valence electrons. The molecule has 2 aromatic carbocycles. The predicted molar refractivity (Wildman–Crippen MR) is 132 cm³/mol. The summed E-state index contributed by atoms with van der Waals surface area (Å²) in [6.07, 6.45) is 3.24. The smallest absolute Gasteiger partial charge is 0.387 e. The molecule has 0 atom stereocenters. The van der Waals surface area contributed by atoms with Crippen LogP contribution in [0.4, 0.5) is 8.78 Å². The largest absolute Gasteiger partial charge is 0.434 e. The minimum absolute atomic E-state index is 0.000277. The Kier molecular flexibility index (Phi) is 7.56. The summed E-state index contributed by atoms with van der Waals surface area (Å²) in [5.74, 6) is -1.04. The summed E-state index contributed by atoms with van der Waals surface area (Å²) in [7, 11) is 4.09. The van der Waals surface area contributed by atoms with Crippen LogP contribution in [-0.4, -0.2) is 71.2 Å². The van der Waals surface area contributed by atoms with Gasteiger partial charge >= 0.3 is 6.61 Å². The van der Waals surface area contributed by atoms with Gasteiger partial charge in [0.1, 0.15) is 11.4 Å². The SMILES string of the molecule is CN(C)C1CCN(C(=O)c2ccc(-n3cc(C(N)=O)c(-c4cc(Cl)ccc4OC(F)F)n3)cc2)CC1. The lowest BCUT2D eigenvalue weighted by molar-refractivity contribution is -0.0494. The number of primary amides is 1. The van der Waals surface area contributed by atoms with Gasteiger partial charge in [-0.15, -0.1) is 0 Å². The minimum Gasteiger partial charge on any atom is -0.434 e. The molecule has 0 bridgehead atoms. The van der Waals surface area contributed by atoms with E-state index in [0.717, 1.165) is 12.8 Å². The van der Waals surface area contributed by atoms with Gasteiger partial charge in [-0.05, 0) is 69.4 Å². The van der Waals surface area contributed by atoms with Crippen molar-refractivity contribution >= 4 is 23.4 Å². The third kappa shape index (κ3) is 5.50. The van der Waals surface area contributed by atoms with Gasteiger partial charge in [0.05, 0.1) is 11.3 Å². The zero-order valence-electron chi connectivity index (χ0n) is 19.8. The van der Waals surface area contributed by atoms with Crippen molar-refractivity contribution in [3.8, 4) is 22.7 Å². The molecule has 0 spiro atoms. The van der Waals surface area contributed by atoms with Gasteiger partial charge in [0, 0.05) is 41.5 Å². The van der Waals surface area contributed by atoms with E-state index < -0.39 is 12.5 Å². The molecule has 1 aliphatic rings. The molecule has 0 unspecified atom stereocenters. The van der Waals surface area contributed by atoms with Crippen molar-refractivity contribution in [2.75, 3.05) is 27.2 Å². The lowest BCUT2D eigenvalue weighted by Crippen LogP contribution is -2.44. The average molecular weight is 518 g/mol. The maximum Gasteiger partial charge on any atom is 0.387 e. The summed E-state index contributed by atoms with van der Waals surface area (Å²) in [5.41, 5.74) is 6.77. The Morgan fingerprint density at radius 1 is 1.14 bits per heavy atom. The fraction of sp³-hybridized carbons (Fsp3) is 0.320. The summed E-state index contributed by atoms with van der Waals surface area (Å²) >= 11 is 6.06. The quantitative estimate of drug-likeness (QED) is 0.510. The standard InChI is InChI=1S/C25H26ClF2N5O3/c1-31(2)17-9-11-32(12-10-17)24(35)15-3-6-18(7-4-15)33-14-20(23(29)34)22(30-33)19-13-16(26)5-8-21(19)36-25(27)28/h3-8,13-14,17,25H,9-12H2,1-2H3,(H2,29,34). The van der Waals surface area contributed by atoms with E-state index in [4.69, 9.17) is 17.3 Å². The van der Waals surface area contributed by atoms with Gasteiger partial charge in [-0.1, -0.05) is 11.6 Å². The molecular weight excluding hydrogens is 492 g/mol. The third-order valence-corrected chi connectivity index (χ3v) is 6.49. The summed E-state index contributed by atoms with van der Waals surface area (Å²) < 4.78 is 31.8. The van der Waals surface area contributed by atoms with E-state index in [9.17, 15) is 18.4 Å². The van der Waals surface area contributed by atoms with Crippen LogP contribution in [0.1, 0.15) is 33.6 Å². The van der Waals surface area contributed by atoms with Crippen LogP contribution < -0.4 is 10.5 Å². The number of hydrogen-bond acceptors (Lipinski definition) is 5. The Hall–Kier alpha value is -3.50. The molecule has 1 fully saturated rings. The molecule has 36 heavy (non-hydrogen) atoms. The van der Waals surface area contributed by atoms with E-state index in [0.29, 0.717) is 30.4 Å². The van der Waals surface area contributed by atoms with Crippen LogP contribution in [0.5, 0.6) is 5.75 Å². The second kappa shape index (κ2) is 10.6. The number of carbonyl (C=O) groups is 2. The molecule has 4 rings (SSSR count). The molecule has 1 saturated heterocycles. The minimum atomic E-state index is -3.08. The van der Waals surface area contributed by atoms with Crippen molar-refractivity contribution in [2.24, 2.45) is 5.73 Å². The van der Waals surface area contributed by atoms with Crippen LogP contribution in [0.2, 0.25) is 5.02 Å². The highest BCUT2D eigenvalue weighted by Gasteiger charge is 2.25. The maximum atomic E-state index is 13.0. The van der Waals surface area contributed by atoms with Crippen LogP contribution in [0.3, 0.4) is 0 Å². The van der Waals surface area contributed by atoms with Gasteiger partial charge in [-0.25, -0.2) is 4.68 Å². The van der Waals surface area contributed by atoms with E-state index in [1.54, 1.807) is 24.3 Å². The monoisotopic (exact) mass is 517 g/mol. The number of likely N-dealkylation sites (tertiary alicyclic amines) is 1. The number of hydrogen-bond donors (Lipinski definition) is 1. The molecule has 0 radical (unpaired) electrons. The molecule has 11 heteroatoms. The summed E-state index contributed by atoms with van der Waals surface area (Å²) in [5, 5.41) is 4.65. The van der Waals surface area contributed by atoms with Crippen molar-refractivity contribution in [1.82, 2.24) is 19.6 Å². The second-order valence-electron chi connectivity index (χ2n) is 8.75. The van der Waals surface area contributed by atoms with Crippen molar-refractivity contribution in [2.45, 2.75) is 25.5 Å². The van der Waals surface area contributed by atoms with Crippen LogP contribution in [0.25, 0.3) is 16.9 Å². The van der Waals surface area contributed by atoms with E-state index in [1.165, 1.54) is 29.1 Å². The Labute approximate surface area is 212 Å². The molecule has 2 heterocycles. The van der Waals surface area contributed by atoms with Crippen molar-refractivity contribution < 1.29 is 23.1 Å². The topological polar surface area (TPSA) is 93.7 Å². The first kappa shape index (κ1) is 25.6. The van der Waals surface area contributed by atoms with E-state index in [1.807, 2.05) is 19.0 Å². The van der Waals surface area contributed by atoms with Crippen LogP contribution >= 0.6 is 11.6 Å². The van der Waals surface area contributed by atoms with Crippen LogP contribution in [-0.2, 0) is 0 Å². The van der Waals surface area contributed by atoms with Gasteiger partial charge in [-0.3, -0.25) is 9.59 Å². The number of halogens is 3. The highest BCUT2D eigenvalue weighted by Crippen LogP contribution is 2.35. The fourth-order valence-electron chi connectivity index (χ4n) is 4.30. The third-order valence-electron chi connectivity index (χ3n) is 6.25.